The Labute approximate surface area is 173 Å². The molecule has 0 aromatic heterocycles. The number of piperidine rings is 1. The zero-order valence-corrected chi connectivity index (χ0v) is 17.4. The van der Waals surface area contributed by atoms with Crippen molar-refractivity contribution >= 4 is 11.8 Å². The standard InChI is InChI=1S/C22H33N3O4/c1-28-20-7-4-18(5-8-20)3-2-10-23-22(27)19-6-9-21(26)25(17-19)12-11-24-13-15-29-16-14-24/h4-5,7-8,19H,2-3,6,9-17H2,1H3,(H,23,27). The van der Waals surface area contributed by atoms with Crippen LogP contribution in [0.15, 0.2) is 24.3 Å². The van der Waals surface area contributed by atoms with Crippen LogP contribution in [0, 0.1) is 5.92 Å². The Balaban J connectivity index is 1.36. The second kappa shape index (κ2) is 11.2. The van der Waals surface area contributed by atoms with Gasteiger partial charge < -0.3 is 19.7 Å². The zero-order valence-electron chi connectivity index (χ0n) is 17.4. The molecule has 2 aliphatic rings. The van der Waals surface area contributed by atoms with Crippen molar-refractivity contribution in [3.05, 3.63) is 29.8 Å². The lowest BCUT2D eigenvalue weighted by atomic mass is 9.96. The lowest BCUT2D eigenvalue weighted by Gasteiger charge is -2.34. The van der Waals surface area contributed by atoms with Crippen LogP contribution in [0.4, 0.5) is 0 Å². The van der Waals surface area contributed by atoms with Crippen molar-refractivity contribution in [3.63, 3.8) is 0 Å². The first-order valence-electron chi connectivity index (χ1n) is 10.6. The van der Waals surface area contributed by atoms with Crippen LogP contribution in [0.25, 0.3) is 0 Å². The van der Waals surface area contributed by atoms with E-state index in [2.05, 4.69) is 22.3 Å². The summed E-state index contributed by atoms with van der Waals surface area (Å²) in [5.74, 6) is 0.996. The summed E-state index contributed by atoms with van der Waals surface area (Å²) in [4.78, 5) is 29.0. The molecule has 2 heterocycles. The number of ether oxygens (including phenoxy) is 2. The average Bonchev–Trinajstić information content (AvgIpc) is 2.77. The maximum Gasteiger partial charge on any atom is 0.224 e. The molecule has 1 aromatic carbocycles. The SMILES string of the molecule is COc1ccc(CCCNC(=O)C2CCC(=O)N(CCN3CCOCC3)C2)cc1. The highest BCUT2D eigenvalue weighted by atomic mass is 16.5. The lowest BCUT2D eigenvalue weighted by molar-refractivity contribution is -0.138. The van der Waals surface area contributed by atoms with E-state index in [0.29, 0.717) is 32.5 Å². The third-order valence-corrected chi connectivity index (χ3v) is 5.76. The number of rotatable bonds is 9. The van der Waals surface area contributed by atoms with E-state index in [0.717, 1.165) is 51.4 Å². The first-order valence-corrected chi connectivity index (χ1v) is 10.6. The molecule has 0 aliphatic carbocycles. The van der Waals surface area contributed by atoms with Gasteiger partial charge in [-0.05, 0) is 37.0 Å². The van der Waals surface area contributed by atoms with E-state index in [1.165, 1.54) is 5.56 Å². The minimum Gasteiger partial charge on any atom is -0.497 e. The van der Waals surface area contributed by atoms with Gasteiger partial charge in [0.1, 0.15) is 5.75 Å². The van der Waals surface area contributed by atoms with Crippen molar-refractivity contribution in [1.82, 2.24) is 15.1 Å². The van der Waals surface area contributed by atoms with Crippen LogP contribution >= 0.6 is 0 Å². The number of benzene rings is 1. The molecular formula is C22H33N3O4. The smallest absolute Gasteiger partial charge is 0.224 e. The van der Waals surface area contributed by atoms with Gasteiger partial charge in [-0.2, -0.15) is 0 Å². The van der Waals surface area contributed by atoms with E-state index in [4.69, 9.17) is 9.47 Å². The van der Waals surface area contributed by atoms with Crippen molar-refractivity contribution < 1.29 is 19.1 Å². The van der Waals surface area contributed by atoms with Gasteiger partial charge in [0.15, 0.2) is 0 Å². The average molecular weight is 404 g/mol. The van der Waals surface area contributed by atoms with Gasteiger partial charge in [-0.15, -0.1) is 0 Å². The number of morpholine rings is 1. The fourth-order valence-corrected chi connectivity index (χ4v) is 3.87. The third-order valence-electron chi connectivity index (χ3n) is 5.76. The summed E-state index contributed by atoms with van der Waals surface area (Å²) in [6.45, 7) is 6.09. The first-order chi connectivity index (χ1) is 14.2. The topological polar surface area (TPSA) is 71.1 Å². The maximum atomic E-state index is 12.6. The summed E-state index contributed by atoms with van der Waals surface area (Å²) in [7, 11) is 1.66. The van der Waals surface area contributed by atoms with Gasteiger partial charge in [-0.25, -0.2) is 0 Å². The minimum absolute atomic E-state index is 0.0728. The van der Waals surface area contributed by atoms with Crippen molar-refractivity contribution in [2.45, 2.75) is 25.7 Å². The van der Waals surface area contributed by atoms with Crippen molar-refractivity contribution in [2.75, 3.05) is 59.6 Å². The number of carbonyl (C=O) groups is 2. The van der Waals surface area contributed by atoms with E-state index in [1.807, 2.05) is 17.0 Å². The first kappa shape index (κ1) is 21.6. The molecule has 2 fully saturated rings. The highest BCUT2D eigenvalue weighted by Crippen LogP contribution is 2.18. The molecule has 2 amide bonds. The Morgan fingerprint density at radius 2 is 1.97 bits per heavy atom. The highest BCUT2D eigenvalue weighted by molar-refractivity contribution is 5.83. The largest absolute Gasteiger partial charge is 0.497 e. The summed E-state index contributed by atoms with van der Waals surface area (Å²) < 4.78 is 10.5. The fraction of sp³-hybridized carbons (Fsp3) is 0.636. The molecule has 1 unspecified atom stereocenters. The lowest BCUT2D eigenvalue weighted by Crippen LogP contribution is -2.49. The van der Waals surface area contributed by atoms with Crippen LogP contribution in [-0.4, -0.2) is 81.2 Å². The number of nitrogens with zero attached hydrogens (tertiary/aromatic N) is 2. The van der Waals surface area contributed by atoms with Crippen molar-refractivity contribution in [1.29, 1.82) is 0 Å². The second-order valence-corrected chi connectivity index (χ2v) is 7.77. The molecule has 1 atom stereocenters. The summed E-state index contributed by atoms with van der Waals surface area (Å²) in [6.07, 6.45) is 2.92. The van der Waals surface area contributed by atoms with Crippen LogP contribution in [0.3, 0.4) is 0 Å². The van der Waals surface area contributed by atoms with Crippen LogP contribution in [0.1, 0.15) is 24.8 Å². The van der Waals surface area contributed by atoms with Gasteiger partial charge in [-0.3, -0.25) is 14.5 Å². The number of amides is 2. The van der Waals surface area contributed by atoms with E-state index in [1.54, 1.807) is 7.11 Å². The molecule has 7 nitrogen and oxygen atoms in total. The Morgan fingerprint density at radius 3 is 2.69 bits per heavy atom. The molecule has 0 radical (unpaired) electrons. The Hall–Kier alpha value is -2.12. The molecular weight excluding hydrogens is 370 g/mol. The van der Waals surface area contributed by atoms with E-state index in [9.17, 15) is 9.59 Å². The molecule has 29 heavy (non-hydrogen) atoms. The molecule has 160 valence electrons. The Morgan fingerprint density at radius 1 is 1.21 bits per heavy atom. The van der Waals surface area contributed by atoms with Gasteiger partial charge in [0, 0.05) is 45.7 Å². The predicted octanol–water partition coefficient (Wildman–Crippen LogP) is 1.31. The minimum atomic E-state index is -0.0987. The number of hydrogen-bond donors (Lipinski definition) is 1. The number of likely N-dealkylation sites (tertiary alicyclic amines) is 1. The molecule has 1 N–H and O–H groups in total. The third kappa shape index (κ3) is 6.72. The predicted molar refractivity (Wildman–Crippen MR) is 111 cm³/mol. The zero-order chi connectivity index (χ0) is 20.5. The number of hydrogen-bond acceptors (Lipinski definition) is 5. The van der Waals surface area contributed by atoms with Gasteiger partial charge in [-0.1, -0.05) is 12.1 Å². The second-order valence-electron chi connectivity index (χ2n) is 7.77. The fourth-order valence-electron chi connectivity index (χ4n) is 3.87. The van der Waals surface area contributed by atoms with Gasteiger partial charge in [0.05, 0.1) is 26.2 Å². The number of aryl methyl sites for hydroxylation is 1. The molecule has 0 saturated carbocycles. The molecule has 2 saturated heterocycles. The Bertz CT molecular complexity index is 659. The molecule has 1 aromatic rings. The molecule has 2 aliphatic heterocycles. The maximum absolute atomic E-state index is 12.6. The summed E-state index contributed by atoms with van der Waals surface area (Å²) in [6, 6.07) is 8.02. The van der Waals surface area contributed by atoms with E-state index in [-0.39, 0.29) is 17.7 Å². The van der Waals surface area contributed by atoms with E-state index < -0.39 is 0 Å². The van der Waals surface area contributed by atoms with Crippen LogP contribution in [0.2, 0.25) is 0 Å². The quantitative estimate of drug-likeness (QED) is 0.630. The summed E-state index contributed by atoms with van der Waals surface area (Å²) in [5, 5.41) is 3.06. The number of methoxy groups -OCH3 is 1. The van der Waals surface area contributed by atoms with Gasteiger partial charge in [0.25, 0.3) is 0 Å². The van der Waals surface area contributed by atoms with Crippen molar-refractivity contribution in [2.24, 2.45) is 5.92 Å². The van der Waals surface area contributed by atoms with Gasteiger partial charge >= 0.3 is 0 Å². The summed E-state index contributed by atoms with van der Waals surface area (Å²) >= 11 is 0. The number of carbonyl (C=O) groups excluding carboxylic acids is 2. The molecule has 0 bridgehead atoms. The molecule has 7 heteroatoms. The van der Waals surface area contributed by atoms with Crippen molar-refractivity contribution in [3.8, 4) is 5.75 Å². The normalized spacial score (nSPS) is 20.5. The van der Waals surface area contributed by atoms with Crippen LogP contribution in [0.5, 0.6) is 5.75 Å². The van der Waals surface area contributed by atoms with Gasteiger partial charge in [0.2, 0.25) is 11.8 Å². The Kier molecular flexibility index (Phi) is 8.31. The highest BCUT2D eigenvalue weighted by Gasteiger charge is 2.30. The number of nitrogens with one attached hydrogen (secondary N) is 1. The molecule has 0 spiro atoms. The van der Waals surface area contributed by atoms with Crippen LogP contribution < -0.4 is 10.1 Å². The van der Waals surface area contributed by atoms with E-state index >= 15 is 0 Å². The molecule has 3 rings (SSSR count). The monoisotopic (exact) mass is 403 g/mol. The van der Waals surface area contributed by atoms with Crippen LogP contribution in [-0.2, 0) is 20.7 Å². The summed E-state index contributed by atoms with van der Waals surface area (Å²) in [5.41, 5.74) is 1.23.